The Morgan fingerprint density at radius 3 is 2.59 bits per heavy atom. The first-order chi connectivity index (χ1) is 10.3. The van der Waals surface area contributed by atoms with Gasteiger partial charge in [0.1, 0.15) is 12.1 Å². The minimum Gasteiger partial charge on any atom is -0.433 e. The van der Waals surface area contributed by atoms with E-state index in [1.165, 1.54) is 18.5 Å². The van der Waals surface area contributed by atoms with E-state index in [4.69, 9.17) is 22.1 Å². The SMILES string of the molecule is CNc1cc(Oc2c(Cl)cc(N)cc2OC(F)(F)F)ncn1. The average Bonchev–Trinajstić information content (AvgIpc) is 2.41. The van der Waals surface area contributed by atoms with Crippen molar-refractivity contribution >= 4 is 23.1 Å². The van der Waals surface area contributed by atoms with Crippen LogP contribution in [-0.4, -0.2) is 23.4 Å². The van der Waals surface area contributed by atoms with Crippen LogP contribution in [0.4, 0.5) is 24.7 Å². The van der Waals surface area contributed by atoms with E-state index >= 15 is 0 Å². The Morgan fingerprint density at radius 2 is 1.95 bits per heavy atom. The second-order valence-corrected chi connectivity index (χ2v) is 4.38. The molecule has 0 radical (unpaired) electrons. The molecule has 6 nitrogen and oxygen atoms in total. The molecule has 0 fully saturated rings. The lowest BCUT2D eigenvalue weighted by molar-refractivity contribution is -0.275. The number of hydrogen-bond donors (Lipinski definition) is 2. The molecule has 0 spiro atoms. The minimum atomic E-state index is -4.92. The maximum absolute atomic E-state index is 12.4. The van der Waals surface area contributed by atoms with Crippen molar-refractivity contribution in [2.45, 2.75) is 6.36 Å². The molecular weight excluding hydrogens is 325 g/mol. The van der Waals surface area contributed by atoms with Gasteiger partial charge in [-0.1, -0.05) is 11.6 Å². The van der Waals surface area contributed by atoms with Crippen molar-refractivity contribution in [3.05, 3.63) is 29.5 Å². The van der Waals surface area contributed by atoms with Gasteiger partial charge in [-0.15, -0.1) is 13.2 Å². The number of nitrogens with zero attached hydrogens (tertiary/aromatic N) is 2. The summed E-state index contributed by atoms with van der Waals surface area (Å²) in [5, 5.41) is 2.59. The third-order valence-electron chi connectivity index (χ3n) is 2.36. The molecular formula is C12H10ClF3N4O2. The molecule has 2 aromatic rings. The normalized spacial score (nSPS) is 11.1. The largest absolute Gasteiger partial charge is 0.573 e. The lowest BCUT2D eigenvalue weighted by Gasteiger charge is -2.15. The first-order valence-electron chi connectivity index (χ1n) is 5.81. The van der Waals surface area contributed by atoms with Crippen LogP contribution in [0.1, 0.15) is 0 Å². The quantitative estimate of drug-likeness (QED) is 0.833. The Bertz CT molecular complexity index is 682. The van der Waals surface area contributed by atoms with Gasteiger partial charge in [0.25, 0.3) is 0 Å². The molecule has 2 rings (SSSR count). The molecule has 0 amide bonds. The minimum absolute atomic E-state index is 0.00444. The van der Waals surface area contributed by atoms with Crippen molar-refractivity contribution in [2.24, 2.45) is 0 Å². The molecule has 1 aromatic heterocycles. The molecule has 0 aliphatic heterocycles. The van der Waals surface area contributed by atoms with E-state index in [2.05, 4.69) is 20.0 Å². The molecule has 0 atom stereocenters. The number of halogens is 4. The topological polar surface area (TPSA) is 82.3 Å². The summed E-state index contributed by atoms with van der Waals surface area (Å²) in [7, 11) is 1.61. The van der Waals surface area contributed by atoms with Gasteiger partial charge in [0.15, 0.2) is 11.5 Å². The highest BCUT2D eigenvalue weighted by molar-refractivity contribution is 6.32. The lowest BCUT2D eigenvalue weighted by Crippen LogP contribution is -2.17. The van der Waals surface area contributed by atoms with Crippen LogP contribution in [0.5, 0.6) is 17.4 Å². The zero-order chi connectivity index (χ0) is 16.3. The van der Waals surface area contributed by atoms with Crippen molar-refractivity contribution in [3.63, 3.8) is 0 Å². The predicted molar refractivity (Wildman–Crippen MR) is 74.2 cm³/mol. The highest BCUT2D eigenvalue weighted by Crippen LogP contribution is 2.42. The molecule has 3 N–H and O–H groups in total. The molecule has 1 heterocycles. The molecule has 0 bridgehead atoms. The molecule has 0 aliphatic rings. The predicted octanol–water partition coefficient (Wildman–Crippen LogP) is 3.44. The van der Waals surface area contributed by atoms with Gasteiger partial charge in [-0.3, -0.25) is 0 Å². The maximum atomic E-state index is 12.4. The van der Waals surface area contributed by atoms with Crippen molar-refractivity contribution < 1.29 is 22.6 Å². The number of nitrogens with two attached hydrogens (primary N) is 1. The van der Waals surface area contributed by atoms with Crippen LogP contribution in [-0.2, 0) is 0 Å². The highest BCUT2D eigenvalue weighted by atomic mass is 35.5. The number of rotatable bonds is 4. The van der Waals surface area contributed by atoms with E-state index in [1.54, 1.807) is 7.05 Å². The van der Waals surface area contributed by atoms with Crippen LogP contribution in [0, 0.1) is 0 Å². The van der Waals surface area contributed by atoms with Gasteiger partial charge in [-0.25, -0.2) is 9.97 Å². The Labute approximate surface area is 128 Å². The first-order valence-corrected chi connectivity index (χ1v) is 6.18. The van der Waals surface area contributed by atoms with Gasteiger partial charge < -0.3 is 20.5 Å². The third kappa shape index (κ3) is 4.04. The van der Waals surface area contributed by atoms with Crippen LogP contribution < -0.4 is 20.5 Å². The number of benzene rings is 1. The van der Waals surface area contributed by atoms with Crippen molar-refractivity contribution in [1.29, 1.82) is 0 Å². The summed E-state index contributed by atoms with van der Waals surface area (Å²) in [5.74, 6) is -0.621. The number of alkyl halides is 3. The fourth-order valence-electron chi connectivity index (χ4n) is 1.52. The molecule has 0 saturated carbocycles. The number of anilines is 2. The Kier molecular flexibility index (Phi) is 4.45. The van der Waals surface area contributed by atoms with E-state index in [-0.39, 0.29) is 22.3 Å². The molecule has 10 heteroatoms. The summed E-state index contributed by atoms with van der Waals surface area (Å²) in [6, 6.07) is 3.57. The molecule has 0 unspecified atom stereocenters. The fourth-order valence-corrected chi connectivity index (χ4v) is 1.78. The second-order valence-electron chi connectivity index (χ2n) is 3.97. The second kappa shape index (κ2) is 6.14. The summed E-state index contributed by atoms with van der Waals surface area (Å²) in [4.78, 5) is 7.64. The monoisotopic (exact) mass is 334 g/mol. The summed E-state index contributed by atoms with van der Waals surface area (Å²) >= 11 is 5.88. The van der Waals surface area contributed by atoms with Gasteiger partial charge in [0.05, 0.1) is 5.02 Å². The average molecular weight is 335 g/mol. The van der Waals surface area contributed by atoms with Crippen molar-refractivity contribution in [1.82, 2.24) is 9.97 Å². The van der Waals surface area contributed by atoms with E-state index in [0.29, 0.717) is 5.82 Å². The van der Waals surface area contributed by atoms with Crippen LogP contribution in [0.15, 0.2) is 24.5 Å². The standard InChI is InChI=1S/C12H10ClF3N4O2/c1-18-9-4-10(20-5-19-9)21-11-7(13)2-6(17)3-8(11)22-12(14,15)16/h2-5H,17H2,1H3,(H,18,19,20). The zero-order valence-corrected chi connectivity index (χ0v) is 11.9. The van der Waals surface area contributed by atoms with Gasteiger partial charge in [0.2, 0.25) is 5.88 Å². The van der Waals surface area contributed by atoms with Gasteiger partial charge in [0, 0.05) is 24.9 Å². The van der Waals surface area contributed by atoms with Crippen LogP contribution in [0.3, 0.4) is 0 Å². The Morgan fingerprint density at radius 1 is 1.23 bits per heavy atom. The Hall–Kier alpha value is -2.42. The fraction of sp³-hybridized carbons (Fsp3) is 0.167. The van der Waals surface area contributed by atoms with E-state index < -0.39 is 12.1 Å². The smallest absolute Gasteiger partial charge is 0.433 e. The zero-order valence-electron chi connectivity index (χ0n) is 11.1. The van der Waals surface area contributed by atoms with Crippen molar-refractivity contribution in [2.75, 3.05) is 18.1 Å². The lowest BCUT2D eigenvalue weighted by atomic mass is 10.3. The molecule has 1 aromatic carbocycles. The summed E-state index contributed by atoms with van der Waals surface area (Å²) < 4.78 is 46.5. The number of nitrogens with one attached hydrogen (secondary N) is 1. The van der Waals surface area contributed by atoms with E-state index in [1.807, 2.05) is 0 Å². The summed E-state index contributed by atoms with van der Waals surface area (Å²) in [6.45, 7) is 0. The Balaban J connectivity index is 2.40. The molecule has 0 aliphatic carbocycles. The van der Waals surface area contributed by atoms with Crippen LogP contribution in [0.2, 0.25) is 5.02 Å². The number of hydrogen-bond acceptors (Lipinski definition) is 6. The highest BCUT2D eigenvalue weighted by Gasteiger charge is 2.33. The van der Waals surface area contributed by atoms with E-state index in [9.17, 15) is 13.2 Å². The van der Waals surface area contributed by atoms with Gasteiger partial charge >= 0.3 is 6.36 Å². The number of aromatic nitrogens is 2. The maximum Gasteiger partial charge on any atom is 0.573 e. The van der Waals surface area contributed by atoms with Crippen LogP contribution >= 0.6 is 11.6 Å². The van der Waals surface area contributed by atoms with Crippen molar-refractivity contribution in [3.8, 4) is 17.4 Å². The molecule has 0 saturated heterocycles. The molecule has 22 heavy (non-hydrogen) atoms. The third-order valence-corrected chi connectivity index (χ3v) is 2.64. The summed E-state index contributed by atoms with van der Waals surface area (Å²) in [6.07, 6.45) is -3.74. The van der Waals surface area contributed by atoms with Crippen LogP contribution in [0.25, 0.3) is 0 Å². The van der Waals surface area contributed by atoms with Gasteiger partial charge in [-0.05, 0) is 6.07 Å². The number of ether oxygens (including phenoxy) is 2. The van der Waals surface area contributed by atoms with Gasteiger partial charge in [-0.2, -0.15) is 0 Å². The summed E-state index contributed by atoms with van der Waals surface area (Å²) in [5.41, 5.74) is 5.46. The molecule has 118 valence electrons. The van der Waals surface area contributed by atoms with E-state index in [0.717, 1.165) is 6.07 Å². The number of nitrogen functional groups attached to an aromatic ring is 1. The first kappa shape index (κ1) is 16.0.